The first-order valence-electron chi connectivity index (χ1n) is 7.06. The van der Waals surface area contributed by atoms with Crippen molar-refractivity contribution >= 4 is 5.97 Å². The molecule has 0 amide bonds. The van der Waals surface area contributed by atoms with Crippen LogP contribution in [0, 0.1) is 0 Å². The average Bonchev–Trinajstić information content (AvgIpc) is 2.37. The highest BCUT2D eigenvalue weighted by atomic mass is 16.4. The lowest BCUT2D eigenvalue weighted by Gasteiger charge is -2.37. The van der Waals surface area contributed by atoms with Gasteiger partial charge in [-0.05, 0) is 40.3 Å². The molecule has 0 radical (unpaired) electrons. The number of carboxylic acid groups (broad SMARTS) is 1. The van der Waals surface area contributed by atoms with Crippen LogP contribution in [0.25, 0.3) is 0 Å². The maximum atomic E-state index is 12.0. The fourth-order valence-corrected chi connectivity index (χ4v) is 2.25. The van der Waals surface area contributed by atoms with Crippen LogP contribution in [-0.2, 0) is 10.3 Å². The molecule has 0 saturated carbocycles. The van der Waals surface area contributed by atoms with E-state index in [0.717, 1.165) is 5.56 Å². The fraction of sp³-hybridized carbons (Fsp3) is 0.562. The number of benzene rings is 1. The summed E-state index contributed by atoms with van der Waals surface area (Å²) in [6.45, 7) is 8.48. The number of hydrogen-bond acceptors (Lipinski definition) is 3. The molecule has 20 heavy (non-hydrogen) atoms. The second-order valence-electron chi connectivity index (χ2n) is 5.88. The first kappa shape index (κ1) is 16.7. The normalized spacial score (nSPS) is 14.8. The standard InChI is InChI=1S/C16H26N2O2/c1-12(2)17-16(15(19)20,11-18(5)13(3)4)14-9-7-6-8-10-14/h6-10,12-13,17H,11H2,1-5H3,(H,19,20). The Morgan fingerprint density at radius 3 is 2.20 bits per heavy atom. The number of carbonyl (C=O) groups is 1. The molecule has 0 fully saturated rings. The summed E-state index contributed by atoms with van der Waals surface area (Å²) in [7, 11) is 1.95. The highest BCUT2D eigenvalue weighted by Gasteiger charge is 2.42. The number of nitrogens with zero attached hydrogens (tertiary/aromatic N) is 1. The molecular formula is C16H26N2O2. The van der Waals surface area contributed by atoms with Gasteiger partial charge in [-0.25, -0.2) is 4.79 Å². The van der Waals surface area contributed by atoms with Gasteiger partial charge in [-0.15, -0.1) is 0 Å². The molecule has 1 aromatic carbocycles. The topological polar surface area (TPSA) is 52.6 Å². The van der Waals surface area contributed by atoms with Gasteiger partial charge in [0, 0.05) is 18.6 Å². The summed E-state index contributed by atoms with van der Waals surface area (Å²) in [6, 6.07) is 9.76. The first-order valence-corrected chi connectivity index (χ1v) is 7.06. The molecule has 0 spiro atoms. The molecule has 0 aliphatic carbocycles. The Hall–Kier alpha value is -1.39. The third-order valence-corrected chi connectivity index (χ3v) is 3.53. The maximum absolute atomic E-state index is 12.0. The van der Waals surface area contributed by atoms with Crippen LogP contribution in [0.15, 0.2) is 30.3 Å². The van der Waals surface area contributed by atoms with E-state index in [1.807, 2.05) is 51.2 Å². The van der Waals surface area contributed by atoms with E-state index in [9.17, 15) is 9.90 Å². The quantitative estimate of drug-likeness (QED) is 0.803. The van der Waals surface area contributed by atoms with Gasteiger partial charge in [0.25, 0.3) is 0 Å². The lowest BCUT2D eigenvalue weighted by molar-refractivity contribution is -0.146. The summed E-state index contributed by atoms with van der Waals surface area (Å²) < 4.78 is 0. The van der Waals surface area contributed by atoms with Crippen molar-refractivity contribution in [1.82, 2.24) is 10.2 Å². The summed E-state index contributed by atoms with van der Waals surface area (Å²) in [6.07, 6.45) is 0. The maximum Gasteiger partial charge on any atom is 0.329 e. The van der Waals surface area contributed by atoms with Crippen LogP contribution in [0.2, 0.25) is 0 Å². The smallest absolute Gasteiger partial charge is 0.329 e. The Kier molecular flexibility index (Phi) is 5.72. The molecule has 0 saturated heterocycles. The van der Waals surface area contributed by atoms with Gasteiger partial charge in [0.1, 0.15) is 0 Å². The van der Waals surface area contributed by atoms with Crippen molar-refractivity contribution in [3.8, 4) is 0 Å². The molecule has 0 aromatic heterocycles. The molecule has 1 unspecified atom stereocenters. The number of aliphatic carboxylic acids is 1. The molecular weight excluding hydrogens is 252 g/mol. The van der Waals surface area contributed by atoms with Crippen molar-refractivity contribution in [2.75, 3.05) is 13.6 Å². The summed E-state index contributed by atoms with van der Waals surface area (Å²) in [5.74, 6) is -0.843. The Morgan fingerprint density at radius 2 is 1.80 bits per heavy atom. The van der Waals surface area contributed by atoms with E-state index < -0.39 is 11.5 Å². The number of likely N-dealkylation sites (N-methyl/N-ethyl adjacent to an activating group) is 1. The van der Waals surface area contributed by atoms with E-state index in [2.05, 4.69) is 24.1 Å². The predicted molar refractivity (Wildman–Crippen MR) is 81.8 cm³/mol. The molecule has 0 heterocycles. The number of nitrogens with one attached hydrogen (secondary N) is 1. The van der Waals surface area contributed by atoms with Gasteiger partial charge in [0.15, 0.2) is 5.54 Å². The number of carboxylic acids is 1. The minimum absolute atomic E-state index is 0.0758. The summed E-state index contributed by atoms with van der Waals surface area (Å²) >= 11 is 0. The minimum Gasteiger partial charge on any atom is -0.480 e. The first-order chi connectivity index (χ1) is 9.29. The monoisotopic (exact) mass is 278 g/mol. The third kappa shape index (κ3) is 3.81. The second-order valence-corrected chi connectivity index (χ2v) is 5.88. The van der Waals surface area contributed by atoms with Gasteiger partial charge in [0.2, 0.25) is 0 Å². The van der Waals surface area contributed by atoms with Gasteiger partial charge < -0.3 is 10.0 Å². The predicted octanol–water partition coefficient (Wildman–Crippen LogP) is 2.30. The zero-order chi connectivity index (χ0) is 15.3. The molecule has 4 heteroatoms. The molecule has 4 nitrogen and oxygen atoms in total. The van der Waals surface area contributed by atoms with Crippen LogP contribution in [-0.4, -0.2) is 41.7 Å². The van der Waals surface area contributed by atoms with Crippen LogP contribution < -0.4 is 5.32 Å². The Labute approximate surface area is 121 Å². The number of hydrogen-bond donors (Lipinski definition) is 2. The van der Waals surface area contributed by atoms with Crippen LogP contribution in [0.1, 0.15) is 33.3 Å². The van der Waals surface area contributed by atoms with Gasteiger partial charge in [0.05, 0.1) is 0 Å². The highest BCUT2D eigenvalue weighted by Crippen LogP contribution is 2.24. The lowest BCUT2D eigenvalue weighted by atomic mass is 9.88. The largest absolute Gasteiger partial charge is 0.480 e. The van der Waals surface area contributed by atoms with Crippen molar-refractivity contribution in [1.29, 1.82) is 0 Å². The Balaban J connectivity index is 3.25. The summed E-state index contributed by atoms with van der Waals surface area (Å²) in [5.41, 5.74) is -0.303. The van der Waals surface area contributed by atoms with Crippen molar-refractivity contribution in [3.63, 3.8) is 0 Å². The summed E-state index contributed by atoms with van der Waals surface area (Å²) in [4.78, 5) is 14.1. The molecule has 2 N–H and O–H groups in total. The van der Waals surface area contributed by atoms with Gasteiger partial charge in [-0.2, -0.15) is 0 Å². The van der Waals surface area contributed by atoms with Crippen molar-refractivity contribution in [2.24, 2.45) is 0 Å². The van der Waals surface area contributed by atoms with E-state index >= 15 is 0 Å². The van der Waals surface area contributed by atoms with Crippen LogP contribution >= 0.6 is 0 Å². The van der Waals surface area contributed by atoms with Crippen LogP contribution in [0.5, 0.6) is 0 Å². The van der Waals surface area contributed by atoms with Gasteiger partial charge in [-0.1, -0.05) is 30.3 Å². The van der Waals surface area contributed by atoms with E-state index in [1.165, 1.54) is 0 Å². The van der Waals surface area contributed by atoms with Gasteiger partial charge in [-0.3, -0.25) is 5.32 Å². The molecule has 1 atom stereocenters. The third-order valence-electron chi connectivity index (χ3n) is 3.53. The zero-order valence-corrected chi connectivity index (χ0v) is 13.1. The van der Waals surface area contributed by atoms with E-state index in [0.29, 0.717) is 6.54 Å². The van der Waals surface area contributed by atoms with Crippen LogP contribution in [0.4, 0.5) is 0 Å². The Morgan fingerprint density at radius 1 is 1.25 bits per heavy atom. The second kappa shape index (κ2) is 6.86. The fourth-order valence-electron chi connectivity index (χ4n) is 2.25. The molecule has 1 aromatic rings. The molecule has 112 valence electrons. The van der Waals surface area contributed by atoms with Crippen molar-refractivity contribution in [3.05, 3.63) is 35.9 Å². The van der Waals surface area contributed by atoms with E-state index in [-0.39, 0.29) is 12.1 Å². The molecule has 0 aliphatic rings. The van der Waals surface area contributed by atoms with Gasteiger partial charge >= 0.3 is 5.97 Å². The van der Waals surface area contributed by atoms with Crippen LogP contribution in [0.3, 0.4) is 0 Å². The zero-order valence-electron chi connectivity index (χ0n) is 13.1. The van der Waals surface area contributed by atoms with E-state index in [1.54, 1.807) is 0 Å². The lowest BCUT2D eigenvalue weighted by Crippen LogP contribution is -2.58. The minimum atomic E-state index is -1.09. The summed E-state index contributed by atoms with van der Waals surface area (Å²) in [5, 5.41) is 13.1. The van der Waals surface area contributed by atoms with E-state index in [4.69, 9.17) is 0 Å². The number of rotatable bonds is 7. The SMILES string of the molecule is CC(C)NC(CN(C)C(C)C)(C(=O)O)c1ccccc1. The Bertz CT molecular complexity index is 431. The average molecular weight is 278 g/mol. The molecule has 0 aliphatic heterocycles. The van der Waals surface area contributed by atoms with Crippen molar-refractivity contribution in [2.45, 2.75) is 45.3 Å². The molecule has 1 rings (SSSR count). The highest BCUT2D eigenvalue weighted by molar-refractivity contribution is 5.81. The molecule has 0 bridgehead atoms. The van der Waals surface area contributed by atoms with Crippen molar-refractivity contribution < 1.29 is 9.90 Å².